The Morgan fingerprint density at radius 1 is 1.53 bits per heavy atom. The second kappa shape index (κ2) is 3.50. The molecule has 0 unspecified atom stereocenters. The van der Waals surface area contributed by atoms with E-state index in [1.807, 2.05) is 0 Å². The van der Waals surface area contributed by atoms with Gasteiger partial charge in [0.15, 0.2) is 15.5 Å². The molecule has 0 aliphatic carbocycles. The first-order valence-corrected chi connectivity index (χ1v) is 6.69. The normalized spacial score (nSPS) is 12.1. The van der Waals surface area contributed by atoms with Gasteiger partial charge in [0.05, 0.1) is 22.7 Å². The quantitative estimate of drug-likeness (QED) is 0.805. The van der Waals surface area contributed by atoms with Gasteiger partial charge >= 0.3 is 0 Å². The van der Waals surface area contributed by atoms with Gasteiger partial charge in [0.25, 0.3) is 0 Å². The van der Waals surface area contributed by atoms with Crippen molar-refractivity contribution in [2.45, 2.75) is 5.75 Å². The lowest BCUT2D eigenvalue weighted by Crippen LogP contribution is -2.03. The van der Waals surface area contributed by atoms with Gasteiger partial charge in [-0.3, -0.25) is 0 Å². The molecule has 0 amide bonds. The van der Waals surface area contributed by atoms with Crippen LogP contribution in [0.15, 0.2) is 24.5 Å². The first kappa shape index (κ1) is 10.4. The molecule has 0 aromatic carbocycles. The van der Waals surface area contributed by atoms with Gasteiger partial charge in [-0.25, -0.2) is 13.4 Å². The molecule has 0 saturated carbocycles. The van der Waals surface area contributed by atoms with Crippen LogP contribution >= 0.6 is 11.6 Å². The first-order chi connectivity index (χ1) is 6.97. The Bertz CT molecular complexity index is 604. The lowest BCUT2D eigenvalue weighted by Gasteiger charge is -2.00. The van der Waals surface area contributed by atoms with Crippen molar-refractivity contribution in [3.8, 4) is 0 Å². The van der Waals surface area contributed by atoms with Crippen LogP contribution in [0.1, 0.15) is 5.69 Å². The third-order valence-electron chi connectivity index (χ3n) is 1.97. The maximum absolute atomic E-state index is 11.2. The summed E-state index contributed by atoms with van der Waals surface area (Å²) in [5.74, 6) is -0.0332. The molecule has 0 N–H and O–H groups in total. The molecule has 2 aromatic rings. The van der Waals surface area contributed by atoms with E-state index in [1.165, 1.54) is 12.5 Å². The fourth-order valence-electron chi connectivity index (χ4n) is 1.40. The van der Waals surface area contributed by atoms with E-state index in [2.05, 4.69) is 4.98 Å². The van der Waals surface area contributed by atoms with Crippen LogP contribution < -0.4 is 0 Å². The maximum Gasteiger partial charge on any atom is 0.155 e. The molecule has 2 heterocycles. The SMILES string of the molecule is CS(=O)(=O)Cc1cnc2c(Cl)cccn12. The monoisotopic (exact) mass is 244 g/mol. The van der Waals surface area contributed by atoms with Crippen molar-refractivity contribution in [1.82, 2.24) is 9.38 Å². The topological polar surface area (TPSA) is 51.4 Å². The van der Waals surface area contributed by atoms with Crippen molar-refractivity contribution >= 4 is 27.1 Å². The van der Waals surface area contributed by atoms with Gasteiger partial charge in [-0.15, -0.1) is 0 Å². The summed E-state index contributed by atoms with van der Waals surface area (Å²) in [6.45, 7) is 0. The van der Waals surface area contributed by atoms with Gasteiger partial charge in [-0.05, 0) is 12.1 Å². The minimum Gasteiger partial charge on any atom is -0.302 e. The number of pyridine rings is 1. The van der Waals surface area contributed by atoms with Crippen molar-refractivity contribution in [1.29, 1.82) is 0 Å². The molecule has 6 heteroatoms. The zero-order chi connectivity index (χ0) is 11.1. The van der Waals surface area contributed by atoms with E-state index in [4.69, 9.17) is 11.6 Å². The summed E-state index contributed by atoms with van der Waals surface area (Å²) in [6, 6.07) is 3.47. The standard InChI is InChI=1S/C9H9ClN2O2S/c1-15(13,14)6-7-5-11-9-8(10)3-2-4-12(7)9/h2-5H,6H2,1H3. The second-order valence-electron chi connectivity index (χ2n) is 3.37. The highest BCUT2D eigenvalue weighted by molar-refractivity contribution is 7.89. The summed E-state index contributed by atoms with van der Waals surface area (Å²) in [7, 11) is -3.06. The Morgan fingerprint density at radius 3 is 2.93 bits per heavy atom. The Hall–Kier alpha value is -1.07. The first-order valence-electron chi connectivity index (χ1n) is 4.25. The number of imidazole rings is 1. The smallest absolute Gasteiger partial charge is 0.155 e. The van der Waals surface area contributed by atoms with Crippen LogP contribution in [-0.4, -0.2) is 24.1 Å². The molecule has 4 nitrogen and oxygen atoms in total. The predicted molar refractivity (Wildman–Crippen MR) is 58.7 cm³/mol. The van der Waals surface area contributed by atoms with E-state index >= 15 is 0 Å². The highest BCUT2D eigenvalue weighted by Gasteiger charge is 2.10. The fourth-order valence-corrected chi connectivity index (χ4v) is 2.37. The van der Waals surface area contributed by atoms with Gasteiger partial charge in [0.1, 0.15) is 0 Å². The van der Waals surface area contributed by atoms with Gasteiger partial charge in [-0.2, -0.15) is 0 Å². The van der Waals surface area contributed by atoms with Crippen LogP contribution in [0, 0.1) is 0 Å². The van der Waals surface area contributed by atoms with E-state index in [-0.39, 0.29) is 5.75 Å². The van der Waals surface area contributed by atoms with Gasteiger partial charge in [0, 0.05) is 12.5 Å². The summed E-state index contributed by atoms with van der Waals surface area (Å²) in [6.07, 6.45) is 4.47. The lowest BCUT2D eigenvalue weighted by molar-refractivity contribution is 0.600. The third-order valence-corrected chi connectivity index (χ3v) is 3.09. The van der Waals surface area contributed by atoms with Crippen LogP contribution in [0.25, 0.3) is 5.65 Å². The fraction of sp³-hybridized carbons (Fsp3) is 0.222. The van der Waals surface area contributed by atoms with Crippen molar-refractivity contribution < 1.29 is 8.42 Å². The zero-order valence-corrected chi connectivity index (χ0v) is 9.59. The Balaban J connectivity index is 2.60. The molecule has 0 saturated heterocycles. The number of hydrogen-bond donors (Lipinski definition) is 0. The number of hydrogen-bond acceptors (Lipinski definition) is 3. The van der Waals surface area contributed by atoms with Gasteiger partial charge in [0.2, 0.25) is 0 Å². The molecule has 0 aliphatic heterocycles. The van der Waals surface area contributed by atoms with Crippen LogP contribution in [0.3, 0.4) is 0 Å². The molecule has 0 bridgehead atoms. The van der Waals surface area contributed by atoms with Crippen molar-refractivity contribution in [2.75, 3.05) is 6.26 Å². The zero-order valence-electron chi connectivity index (χ0n) is 8.01. The highest BCUT2D eigenvalue weighted by atomic mass is 35.5. The summed E-state index contributed by atoms with van der Waals surface area (Å²) in [5.41, 5.74) is 1.20. The van der Waals surface area contributed by atoms with E-state index in [1.54, 1.807) is 22.7 Å². The van der Waals surface area contributed by atoms with Gasteiger partial charge < -0.3 is 4.40 Å². The molecule has 0 radical (unpaired) electrons. The molecule has 2 rings (SSSR count). The van der Waals surface area contributed by atoms with Gasteiger partial charge in [-0.1, -0.05) is 11.6 Å². The minimum atomic E-state index is -3.06. The Labute approximate surface area is 92.4 Å². The molecule has 0 fully saturated rings. The molecule has 0 atom stereocenters. The molecular formula is C9H9ClN2O2S. The van der Waals surface area contributed by atoms with E-state index in [0.29, 0.717) is 16.4 Å². The summed E-state index contributed by atoms with van der Waals surface area (Å²) in [4.78, 5) is 4.07. The lowest BCUT2D eigenvalue weighted by atomic mass is 10.4. The summed E-state index contributed by atoms with van der Waals surface area (Å²) >= 11 is 5.91. The van der Waals surface area contributed by atoms with Crippen LogP contribution in [-0.2, 0) is 15.6 Å². The average Bonchev–Trinajstić information content (AvgIpc) is 2.48. The summed E-state index contributed by atoms with van der Waals surface area (Å²) in [5, 5.41) is 0.511. The molecule has 15 heavy (non-hydrogen) atoms. The van der Waals surface area contributed by atoms with Crippen molar-refractivity contribution in [3.63, 3.8) is 0 Å². The number of rotatable bonds is 2. The Morgan fingerprint density at radius 2 is 2.27 bits per heavy atom. The van der Waals surface area contributed by atoms with Crippen molar-refractivity contribution in [2.24, 2.45) is 0 Å². The molecular weight excluding hydrogens is 236 g/mol. The van der Waals surface area contributed by atoms with Crippen LogP contribution in [0.4, 0.5) is 0 Å². The van der Waals surface area contributed by atoms with E-state index in [0.717, 1.165) is 0 Å². The number of halogens is 1. The maximum atomic E-state index is 11.2. The van der Waals surface area contributed by atoms with E-state index in [9.17, 15) is 8.42 Å². The highest BCUT2D eigenvalue weighted by Crippen LogP contribution is 2.17. The largest absolute Gasteiger partial charge is 0.302 e. The minimum absolute atomic E-state index is 0.0332. The van der Waals surface area contributed by atoms with Crippen LogP contribution in [0.2, 0.25) is 5.02 Å². The molecule has 0 spiro atoms. The number of nitrogens with zero attached hydrogens (tertiary/aromatic N) is 2. The molecule has 80 valence electrons. The third kappa shape index (κ3) is 2.13. The number of fused-ring (bicyclic) bond motifs is 1. The predicted octanol–water partition coefficient (Wildman–Crippen LogP) is 1.53. The molecule has 0 aliphatic rings. The Kier molecular flexibility index (Phi) is 2.44. The number of sulfone groups is 1. The average molecular weight is 245 g/mol. The molecule has 2 aromatic heterocycles. The number of aromatic nitrogens is 2. The summed E-state index contributed by atoms with van der Waals surface area (Å²) < 4.78 is 24.0. The van der Waals surface area contributed by atoms with Crippen molar-refractivity contribution in [3.05, 3.63) is 35.2 Å². The van der Waals surface area contributed by atoms with E-state index < -0.39 is 9.84 Å². The van der Waals surface area contributed by atoms with Crippen LogP contribution in [0.5, 0.6) is 0 Å². The second-order valence-corrected chi connectivity index (χ2v) is 5.92.